The highest BCUT2D eigenvalue weighted by atomic mass is 35.5. The van der Waals surface area contributed by atoms with E-state index in [0.29, 0.717) is 0 Å². The van der Waals surface area contributed by atoms with Gasteiger partial charge in [0, 0.05) is 5.02 Å². The van der Waals surface area contributed by atoms with Crippen LogP contribution >= 0.6 is 11.6 Å². The largest absolute Gasteiger partial charge is 0.529 e. The van der Waals surface area contributed by atoms with Gasteiger partial charge in [-0.25, -0.2) is 4.31 Å². The number of carbonyl (C=O) groups excluding carboxylic acids is 1. The van der Waals surface area contributed by atoms with Crippen LogP contribution in [-0.2, 0) is 10.0 Å². The summed E-state index contributed by atoms with van der Waals surface area (Å²) in [5.41, 5.74) is -6.50. The van der Waals surface area contributed by atoms with E-state index in [-0.39, 0.29) is 5.02 Å². The predicted octanol–water partition coefficient (Wildman–Crippen LogP) is 1.34. The molecule has 1 amide bonds. The van der Waals surface area contributed by atoms with E-state index in [9.17, 15) is 31.5 Å². The first kappa shape index (κ1) is 14.6. The van der Waals surface area contributed by atoms with Gasteiger partial charge >= 0.3 is 15.5 Å². The molecule has 0 bridgehead atoms. The van der Waals surface area contributed by atoms with Crippen LogP contribution in [0.4, 0.5) is 23.7 Å². The SMILES string of the molecule is O=C([O-])N(c1ccc(Cl)cc1)S(=O)(=O)C(F)(F)F. The van der Waals surface area contributed by atoms with Crippen molar-refractivity contribution in [2.45, 2.75) is 5.51 Å². The molecular weight excluding hydrogens is 299 g/mol. The summed E-state index contributed by atoms with van der Waals surface area (Å²) in [4.78, 5) is 10.6. The predicted molar refractivity (Wildman–Crippen MR) is 54.3 cm³/mol. The summed E-state index contributed by atoms with van der Waals surface area (Å²) < 4.78 is 58.0. The summed E-state index contributed by atoms with van der Waals surface area (Å²) in [6.45, 7) is 0. The Morgan fingerprint density at radius 1 is 1.22 bits per heavy atom. The van der Waals surface area contributed by atoms with Crippen LogP contribution in [0.2, 0.25) is 5.02 Å². The van der Waals surface area contributed by atoms with Crippen LogP contribution in [0.5, 0.6) is 0 Å². The average molecular weight is 303 g/mol. The monoisotopic (exact) mass is 302 g/mol. The number of nitrogens with zero attached hydrogens (tertiary/aromatic N) is 1. The Bertz CT molecular complexity index is 555. The van der Waals surface area contributed by atoms with Crippen molar-refractivity contribution in [1.29, 1.82) is 0 Å². The zero-order chi connectivity index (χ0) is 14.1. The highest BCUT2D eigenvalue weighted by molar-refractivity contribution is 7.94. The lowest BCUT2D eigenvalue weighted by Crippen LogP contribution is -2.50. The summed E-state index contributed by atoms with van der Waals surface area (Å²) in [6.07, 6.45) is -2.52. The smallest absolute Gasteiger partial charge is 0.517 e. The molecule has 0 aliphatic rings. The van der Waals surface area contributed by atoms with E-state index < -0.39 is 31.6 Å². The molecule has 0 N–H and O–H groups in total. The number of hydrogen-bond donors (Lipinski definition) is 0. The number of rotatable bonds is 2. The van der Waals surface area contributed by atoms with Gasteiger partial charge in [0.2, 0.25) is 0 Å². The Kier molecular flexibility index (Phi) is 3.77. The number of halogens is 4. The van der Waals surface area contributed by atoms with Crippen molar-refractivity contribution in [1.82, 2.24) is 0 Å². The second-order valence-corrected chi connectivity index (χ2v) is 5.17. The van der Waals surface area contributed by atoms with Crippen LogP contribution in [0.3, 0.4) is 0 Å². The minimum absolute atomic E-state index is 0.0986. The topological polar surface area (TPSA) is 77.5 Å². The van der Waals surface area contributed by atoms with Crippen molar-refractivity contribution in [3.63, 3.8) is 0 Å². The lowest BCUT2D eigenvalue weighted by atomic mass is 10.3. The molecule has 0 unspecified atom stereocenters. The van der Waals surface area contributed by atoms with Gasteiger partial charge in [-0.3, -0.25) is 0 Å². The lowest BCUT2D eigenvalue weighted by Gasteiger charge is -2.25. The highest BCUT2D eigenvalue weighted by Crippen LogP contribution is 2.31. The maximum absolute atomic E-state index is 12.3. The standard InChI is InChI=1S/C8H5ClF3NO4S/c9-5-1-3-6(4-2-5)13(7(14)15)18(16,17)8(10,11)12/h1-4H,(H,14,15)/p-1. The van der Waals surface area contributed by atoms with Gasteiger partial charge in [-0.2, -0.15) is 21.6 Å². The number of alkyl halides is 3. The van der Waals surface area contributed by atoms with Crippen molar-refractivity contribution < 1.29 is 31.5 Å². The fourth-order valence-electron chi connectivity index (χ4n) is 1.02. The van der Waals surface area contributed by atoms with Gasteiger partial charge < -0.3 is 9.90 Å². The average Bonchev–Trinajstić information content (AvgIpc) is 2.18. The molecule has 1 aromatic rings. The molecule has 0 radical (unpaired) electrons. The van der Waals surface area contributed by atoms with Crippen molar-refractivity contribution in [3.8, 4) is 0 Å². The normalized spacial score (nSPS) is 12.2. The van der Waals surface area contributed by atoms with E-state index in [1.165, 1.54) is 0 Å². The molecule has 0 aromatic heterocycles. The number of carbonyl (C=O) groups is 1. The van der Waals surface area contributed by atoms with E-state index in [4.69, 9.17) is 11.6 Å². The van der Waals surface area contributed by atoms with Crippen LogP contribution < -0.4 is 9.41 Å². The first-order valence-corrected chi connectivity index (χ1v) is 5.97. The minimum atomic E-state index is -6.08. The van der Waals surface area contributed by atoms with Gasteiger partial charge in [0.15, 0.2) is 6.09 Å². The van der Waals surface area contributed by atoms with E-state index in [2.05, 4.69) is 0 Å². The Hall–Kier alpha value is -1.48. The second-order valence-electron chi connectivity index (χ2n) is 2.96. The van der Waals surface area contributed by atoms with E-state index in [1.54, 1.807) is 0 Å². The second kappa shape index (κ2) is 4.65. The number of anilines is 1. The molecule has 100 valence electrons. The number of hydrogen-bond acceptors (Lipinski definition) is 4. The quantitative estimate of drug-likeness (QED) is 0.826. The maximum atomic E-state index is 12.3. The Morgan fingerprint density at radius 3 is 2.00 bits per heavy atom. The molecule has 0 saturated heterocycles. The van der Waals surface area contributed by atoms with Crippen LogP contribution in [0.1, 0.15) is 0 Å². The highest BCUT2D eigenvalue weighted by Gasteiger charge is 2.51. The van der Waals surface area contributed by atoms with Crippen molar-refractivity contribution in [2.24, 2.45) is 0 Å². The fraction of sp³-hybridized carbons (Fsp3) is 0.125. The minimum Gasteiger partial charge on any atom is -0.529 e. The molecule has 0 aliphatic heterocycles. The maximum Gasteiger partial charge on any atom is 0.517 e. The van der Waals surface area contributed by atoms with E-state index in [0.717, 1.165) is 24.3 Å². The van der Waals surface area contributed by atoms with Crippen molar-refractivity contribution in [3.05, 3.63) is 29.3 Å². The van der Waals surface area contributed by atoms with Crippen LogP contribution in [0.25, 0.3) is 0 Å². The van der Waals surface area contributed by atoms with Crippen molar-refractivity contribution >= 4 is 33.4 Å². The molecule has 5 nitrogen and oxygen atoms in total. The third kappa shape index (κ3) is 2.67. The Labute approximate surface area is 104 Å². The van der Waals surface area contributed by atoms with Gasteiger partial charge in [-0.05, 0) is 24.3 Å². The molecular formula is C8H4ClF3NO4S-. The molecule has 18 heavy (non-hydrogen) atoms. The zero-order valence-corrected chi connectivity index (χ0v) is 9.88. The fourth-order valence-corrected chi connectivity index (χ4v) is 1.95. The molecule has 1 aromatic carbocycles. The summed E-state index contributed by atoms with van der Waals surface area (Å²) in [5.74, 6) is 0. The van der Waals surface area contributed by atoms with Crippen LogP contribution in [0, 0.1) is 0 Å². The number of carboxylic acid groups (broad SMARTS) is 1. The van der Waals surface area contributed by atoms with Gasteiger partial charge in [-0.1, -0.05) is 11.6 Å². The molecule has 10 heteroatoms. The van der Waals surface area contributed by atoms with E-state index in [1.807, 2.05) is 0 Å². The molecule has 0 fully saturated rings. The number of sulfonamides is 1. The summed E-state index contributed by atoms with van der Waals surface area (Å²) in [7, 11) is -6.08. The summed E-state index contributed by atoms with van der Waals surface area (Å²) in [5, 5.41) is 10.7. The summed E-state index contributed by atoms with van der Waals surface area (Å²) >= 11 is 5.45. The van der Waals surface area contributed by atoms with Gasteiger partial charge in [0.05, 0.1) is 5.69 Å². The third-order valence-electron chi connectivity index (χ3n) is 1.76. The zero-order valence-electron chi connectivity index (χ0n) is 8.31. The molecule has 0 heterocycles. The van der Waals surface area contributed by atoms with Gasteiger partial charge in [0.1, 0.15) is 0 Å². The molecule has 0 atom stereocenters. The summed E-state index contributed by atoms with van der Waals surface area (Å²) in [6, 6.07) is 3.69. The number of amides is 1. The van der Waals surface area contributed by atoms with Crippen LogP contribution in [0.15, 0.2) is 24.3 Å². The molecule has 0 aliphatic carbocycles. The third-order valence-corrected chi connectivity index (χ3v) is 3.44. The lowest BCUT2D eigenvalue weighted by molar-refractivity contribution is -0.244. The molecule has 1 rings (SSSR count). The number of benzene rings is 1. The van der Waals surface area contributed by atoms with Gasteiger partial charge in [-0.15, -0.1) is 0 Å². The molecule has 0 spiro atoms. The Morgan fingerprint density at radius 2 is 1.67 bits per heavy atom. The molecule has 0 saturated carbocycles. The van der Waals surface area contributed by atoms with E-state index >= 15 is 0 Å². The van der Waals surface area contributed by atoms with Gasteiger partial charge in [0.25, 0.3) is 0 Å². The van der Waals surface area contributed by atoms with Crippen LogP contribution in [-0.4, -0.2) is 20.0 Å². The van der Waals surface area contributed by atoms with Crippen molar-refractivity contribution in [2.75, 3.05) is 4.31 Å². The Balaban J connectivity index is 3.37. The first-order valence-electron chi connectivity index (χ1n) is 4.15. The first-order chi connectivity index (χ1) is 8.07.